The number of allylic oxidation sites excluding steroid dienone is 2. The standard InChI is InChI=1S/C36H47ClN2O5S/c1-3-5-7-9-20-45(42,43)38-35(41)27-14-18-34-32(22-27)39(23-28-13-16-30(28)33(40)12-8-6-4-2)24-36(25-44-34)19-10-11-26-21-29(37)15-17-31(26)36/h3,8,12,14-15,17-18,21-22,28,30,33,40H,1,4-7,9-11,13,16,19-20,23-25H2,2H3,(H,38,41)/b12-8+/t28-,30+,33+,36-/m0/s1. The van der Waals surface area contributed by atoms with Crippen LogP contribution in [0.3, 0.4) is 0 Å². The first kappa shape index (κ1) is 33.6. The number of ether oxygens (including phenoxy) is 1. The monoisotopic (exact) mass is 654 g/mol. The highest BCUT2D eigenvalue weighted by Gasteiger charge is 2.44. The molecule has 9 heteroatoms. The minimum atomic E-state index is -3.77. The number of benzene rings is 2. The molecule has 0 bridgehead atoms. The Morgan fingerprint density at radius 1 is 1.22 bits per heavy atom. The number of aliphatic hydroxyl groups is 1. The maximum Gasteiger partial charge on any atom is 0.264 e. The van der Waals surface area contributed by atoms with Crippen LogP contribution in [0.5, 0.6) is 5.75 Å². The van der Waals surface area contributed by atoms with Gasteiger partial charge < -0.3 is 14.7 Å². The highest BCUT2D eigenvalue weighted by atomic mass is 35.5. The van der Waals surface area contributed by atoms with Crippen molar-refractivity contribution in [2.75, 3.05) is 30.3 Å². The highest BCUT2D eigenvalue weighted by Crippen LogP contribution is 2.46. The van der Waals surface area contributed by atoms with Crippen LogP contribution in [0.2, 0.25) is 5.02 Å². The Balaban J connectivity index is 1.44. The van der Waals surface area contributed by atoms with E-state index in [4.69, 9.17) is 16.3 Å². The fourth-order valence-electron chi connectivity index (χ4n) is 7.19. The van der Waals surface area contributed by atoms with Gasteiger partial charge in [0.1, 0.15) is 5.75 Å². The number of nitrogens with zero attached hydrogens (tertiary/aromatic N) is 1. The van der Waals surface area contributed by atoms with E-state index in [1.165, 1.54) is 11.1 Å². The lowest BCUT2D eigenvalue weighted by molar-refractivity contribution is 0.0456. The number of halogens is 1. The quantitative estimate of drug-likeness (QED) is 0.179. The third kappa shape index (κ3) is 7.95. The first-order valence-electron chi connectivity index (χ1n) is 16.5. The van der Waals surface area contributed by atoms with Gasteiger partial charge in [-0.25, -0.2) is 13.1 Å². The fraction of sp³-hybridized carbons (Fsp3) is 0.528. The van der Waals surface area contributed by atoms with Gasteiger partial charge in [0.2, 0.25) is 10.0 Å². The number of aryl methyl sites for hydroxylation is 1. The minimum Gasteiger partial charge on any atom is -0.490 e. The van der Waals surface area contributed by atoms with Crippen molar-refractivity contribution < 1.29 is 23.1 Å². The SMILES string of the molecule is C=CCCCCS(=O)(=O)NC(=O)c1ccc2c(c1)N(C[C@@H]1CC[C@H]1[C@H](O)/C=C/CCC)C[C@@]1(CCCc3cc(Cl)ccc31)CO2. The molecule has 0 unspecified atom stereocenters. The van der Waals surface area contributed by atoms with Crippen LogP contribution < -0.4 is 14.4 Å². The maximum absolute atomic E-state index is 13.3. The number of hydrogen-bond donors (Lipinski definition) is 2. The molecule has 5 rings (SSSR count). The predicted molar refractivity (Wildman–Crippen MR) is 182 cm³/mol. The van der Waals surface area contributed by atoms with Gasteiger partial charge in [0.05, 0.1) is 24.2 Å². The molecule has 3 aliphatic rings. The van der Waals surface area contributed by atoms with Crippen molar-refractivity contribution in [1.29, 1.82) is 0 Å². The third-order valence-corrected chi connectivity index (χ3v) is 11.3. The molecule has 1 fully saturated rings. The normalized spacial score (nSPS) is 23.4. The zero-order valence-corrected chi connectivity index (χ0v) is 27.9. The molecule has 2 N–H and O–H groups in total. The Labute approximate surface area is 273 Å². The molecule has 1 spiro atoms. The summed E-state index contributed by atoms with van der Waals surface area (Å²) in [5.41, 5.74) is 3.29. The van der Waals surface area contributed by atoms with Crippen molar-refractivity contribution >= 4 is 33.2 Å². The van der Waals surface area contributed by atoms with Gasteiger partial charge in [-0.15, -0.1) is 6.58 Å². The Morgan fingerprint density at radius 3 is 2.82 bits per heavy atom. The van der Waals surface area contributed by atoms with Crippen molar-refractivity contribution in [2.24, 2.45) is 11.8 Å². The molecule has 1 aliphatic heterocycles. The van der Waals surface area contributed by atoms with E-state index in [-0.39, 0.29) is 28.6 Å². The summed E-state index contributed by atoms with van der Waals surface area (Å²) in [6, 6.07) is 11.4. The first-order valence-corrected chi connectivity index (χ1v) is 18.5. The fourth-order valence-corrected chi connectivity index (χ4v) is 8.47. The number of unbranched alkanes of at least 4 members (excludes halogenated alkanes) is 3. The van der Waals surface area contributed by atoms with Crippen molar-refractivity contribution in [3.63, 3.8) is 0 Å². The minimum absolute atomic E-state index is 0.114. The molecule has 2 aromatic rings. The number of hydrogen-bond acceptors (Lipinski definition) is 6. The summed E-state index contributed by atoms with van der Waals surface area (Å²) in [6.07, 6.45) is 14.1. The molecular weight excluding hydrogens is 608 g/mol. The van der Waals surface area contributed by atoms with Gasteiger partial charge >= 0.3 is 0 Å². The van der Waals surface area contributed by atoms with Crippen LogP contribution in [0.25, 0.3) is 0 Å². The molecular formula is C36H47ClN2O5S. The second kappa shape index (κ2) is 14.7. The number of rotatable bonds is 13. The Hall–Kier alpha value is -2.81. The van der Waals surface area contributed by atoms with Crippen molar-refractivity contribution in [3.05, 3.63) is 82.9 Å². The van der Waals surface area contributed by atoms with Crippen molar-refractivity contribution in [3.8, 4) is 5.75 Å². The topological polar surface area (TPSA) is 95.9 Å². The zero-order valence-electron chi connectivity index (χ0n) is 26.3. The van der Waals surface area contributed by atoms with Gasteiger partial charge in [-0.1, -0.05) is 49.2 Å². The molecule has 0 radical (unpaired) electrons. The second-order valence-corrected chi connectivity index (χ2v) is 15.3. The Morgan fingerprint density at radius 2 is 2.07 bits per heavy atom. The Kier molecular flexibility index (Phi) is 11.0. The first-order chi connectivity index (χ1) is 21.6. The van der Waals surface area contributed by atoms with Crippen molar-refractivity contribution in [2.45, 2.75) is 82.7 Å². The molecule has 2 aliphatic carbocycles. The summed E-state index contributed by atoms with van der Waals surface area (Å²) in [4.78, 5) is 15.6. The number of anilines is 1. The van der Waals surface area contributed by atoms with Crippen LogP contribution in [0.15, 0.2) is 61.2 Å². The molecule has 45 heavy (non-hydrogen) atoms. The van der Waals surface area contributed by atoms with Crippen LogP contribution in [-0.4, -0.2) is 51.0 Å². The van der Waals surface area contributed by atoms with E-state index < -0.39 is 22.0 Å². The highest BCUT2D eigenvalue weighted by molar-refractivity contribution is 7.90. The van der Waals surface area contributed by atoms with Gasteiger partial charge in [0, 0.05) is 29.1 Å². The summed E-state index contributed by atoms with van der Waals surface area (Å²) >= 11 is 6.40. The van der Waals surface area contributed by atoms with E-state index in [0.29, 0.717) is 38.3 Å². The molecule has 1 saturated carbocycles. The molecule has 244 valence electrons. The molecule has 0 saturated heterocycles. The second-order valence-electron chi connectivity index (χ2n) is 13.0. The summed E-state index contributed by atoms with van der Waals surface area (Å²) in [5.74, 6) is 0.358. The molecule has 2 aromatic carbocycles. The van der Waals surface area contributed by atoms with E-state index in [2.05, 4.69) is 41.3 Å². The third-order valence-electron chi connectivity index (χ3n) is 9.78. The molecule has 1 heterocycles. The van der Waals surface area contributed by atoms with Gasteiger partial charge in [-0.3, -0.25) is 4.79 Å². The van der Waals surface area contributed by atoms with Crippen molar-refractivity contribution in [1.82, 2.24) is 4.72 Å². The molecule has 0 aromatic heterocycles. The van der Waals surface area contributed by atoms with Crippen LogP contribution in [-0.2, 0) is 21.9 Å². The van der Waals surface area contributed by atoms with E-state index in [0.717, 1.165) is 62.1 Å². The average Bonchev–Trinajstić information content (AvgIpc) is 3.14. The number of carbonyl (C=O) groups excluding carboxylic acids is 1. The van der Waals surface area contributed by atoms with Gasteiger partial charge in [0.25, 0.3) is 5.91 Å². The van der Waals surface area contributed by atoms with Crippen LogP contribution >= 0.6 is 11.6 Å². The molecule has 7 nitrogen and oxygen atoms in total. The summed E-state index contributed by atoms with van der Waals surface area (Å²) < 4.78 is 34.2. The van der Waals surface area contributed by atoms with E-state index in [1.54, 1.807) is 24.3 Å². The van der Waals surface area contributed by atoms with Gasteiger partial charge in [0.15, 0.2) is 0 Å². The number of nitrogens with one attached hydrogen (secondary N) is 1. The van der Waals surface area contributed by atoms with Crippen LogP contribution in [0.1, 0.15) is 86.2 Å². The van der Waals surface area contributed by atoms with Gasteiger partial charge in [-0.2, -0.15) is 0 Å². The van der Waals surface area contributed by atoms with Crippen LogP contribution in [0, 0.1) is 11.8 Å². The number of fused-ring (bicyclic) bond motifs is 3. The van der Waals surface area contributed by atoms with E-state index in [9.17, 15) is 18.3 Å². The Bertz CT molecular complexity index is 1510. The van der Waals surface area contributed by atoms with E-state index >= 15 is 0 Å². The number of aliphatic hydroxyl groups excluding tert-OH is 1. The molecule has 1 amide bonds. The summed E-state index contributed by atoms with van der Waals surface area (Å²) in [5, 5.41) is 11.7. The average molecular weight is 655 g/mol. The number of sulfonamides is 1. The summed E-state index contributed by atoms with van der Waals surface area (Å²) in [7, 11) is -3.77. The zero-order chi connectivity index (χ0) is 32.0. The largest absolute Gasteiger partial charge is 0.490 e. The number of amides is 1. The smallest absolute Gasteiger partial charge is 0.264 e. The number of carbonyl (C=O) groups is 1. The van der Waals surface area contributed by atoms with E-state index in [1.807, 2.05) is 12.1 Å². The lowest BCUT2D eigenvalue weighted by atomic mass is 9.68. The predicted octanol–water partition coefficient (Wildman–Crippen LogP) is 6.97. The summed E-state index contributed by atoms with van der Waals surface area (Å²) in [6.45, 7) is 7.69. The lowest BCUT2D eigenvalue weighted by Gasteiger charge is -2.45. The molecule has 4 atom stereocenters. The van der Waals surface area contributed by atoms with Gasteiger partial charge in [-0.05, 0) is 111 Å². The maximum atomic E-state index is 13.3. The van der Waals surface area contributed by atoms with Crippen LogP contribution in [0.4, 0.5) is 5.69 Å². The lowest BCUT2D eigenvalue weighted by Crippen LogP contribution is -2.49.